The second kappa shape index (κ2) is 4.37. The number of halogens is 1. The number of hydrogen-bond acceptors (Lipinski definition) is 4. The first kappa shape index (κ1) is 10.1. The predicted molar refractivity (Wildman–Crippen MR) is 56.3 cm³/mol. The normalized spacial score (nSPS) is 10.5. The predicted octanol–water partition coefficient (Wildman–Crippen LogP) is 0.834. The number of tetrazole rings is 1. The Kier molecular flexibility index (Phi) is 2.94. The quantitative estimate of drug-likeness (QED) is 0.837. The lowest BCUT2D eigenvalue weighted by Gasteiger charge is -2.02. The Labute approximate surface area is 91.8 Å². The third kappa shape index (κ3) is 2.31. The second-order valence-electron chi connectivity index (χ2n) is 3.08. The fraction of sp³-hybridized carbons (Fsp3) is 0.222. The molecule has 0 radical (unpaired) electrons. The molecule has 1 heterocycles. The van der Waals surface area contributed by atoms with E-state index in [1.54, 1.807) is 4.68 Å². The van der Waals surface area contributed by atoms with E-state index in [4.69, 9.17) is 17.3 Å². The summed E-state index contributed by atoms with van der Waals surface area (Å²) in [5.74, 6) is 0.671. The molecule has 0 spiro atoms. The lowest BCUT2D eigenvalue weighted by molar-refractivity contribution is 0.619. The van der Waals surface area contributed by atoms with Crippen molar-refractivity contribution < 1.29 is 0 Å². The summed E-state index contributed by atoms with van der Waals surface area (Å²) in [7, 11) is 0. The molecule has 0 aliphatic heterocycles. The fourth-order valence-electron chi connectivity index (χ4n) is 1.25. The minimum atomic E-state index is 0.334. The van der Waals surface area contributed by atoms with E-state index in [2.05, 4.69) is 15.5 Å². The molecule has 0 fully saturated rings. The van der Waals surface area contributed by atoms with Crippen molar-refractivity contribution in [2.45, 2.75) is 13.1 Å². The van der Waals surface area contributed by atoms with Crippen LogP contribution in [0.15, 0.2) is 24.3 Å². The molecule has 6 heteroatoms. The zero-order valence-electron chi connectivity index (χ0n) is 7.97. The van der Waals surface area contributed by atoms with Gasteiger partial charge in [-0.2, -0.15) is 0 Å². The zero-order chi connectivity index (χ0) is 10.7. The van der Waals surface area contributed by atoms with Crippen LogP contribution >= 0.6 is 11.6 Å². The lowest BCUT2D eigenvalue weighted by Crippen LogP contribution is -2.10. The lowest BCUT2D eigenvalue weighted by atomic mass is 10.2. The van der Waals surface area contributed by atoms with Gasteiger partial charge in [-0.05, 0) is 28.1 Å². The van der Waals surface area contributed by atoms with Crippen LogP contribution in [0, 0.1) is 0 Å². The maximum atomic E-state index is 5.78. The highest BCUT2D eigenvalue weighted by atomic mass is 35.5. The number of nitrogens with two attached hydrogens (primary N) is 1. The number of nitrogens with zero attached hydrogens (tertiary/aromatic N) is 4. The maximum absolute atomic E-state index is 5.78. The summed E-state index contributed by atoms with van der Waals surface area (Å²) in [6.45, 7) is 0.942. The number of aromatic nitrogens is 4. The van der Waals surface area contributed by atoms with Crippen LogP contribution in [0.4, 0.5) is 0 Å². The number of rotatable bonds is 3. The molecule has 0 aliphatic carbocycles. The minimum Gasteiger partial charge on any atom is -0.324 e. The molecule has 1 aromatic heterocycles. The Bertz CT molecular complexity index is 436. The van der Waals surface area contributed by atoms with Crippen molar-refractivity contribution in [1.29, 1.82) is 0 Å². The van der Waals surface area contributed by atoms with Gasteiger partial charge in [0.15, 0.2) is 5.82 Å². The van der Waals surface area contributed by atoms with E-state index in [1.807, 2.05) is 24.3 Å². The summed E-state index contributed by atoms with van der Waals surface area (Å²) in [6, 6.07) is 7.54. The Balaban J connectivity index is 2.18. The highest BCUT2D eigenvalue weighted by molar-refractivity contribution is 6.30. The van der Waals surface area contributed by atoms with Gasteiger partial charge in [0.05, 0.1) is 13.1 Å². The molecule has 0 bridgehead atoms. The molecule has 1 aromatic carbocycles. The highest BCUT2D eigenvalue weighted by Gasteiger charge is 2.03. The van der Waals surface area contributed by atoms with Crippen LogP contribution in [-0.4, -0.2) is 20.2 Å². The van der Waals surface area contributed by atoms with Crippen LogP contribution in [0.5, 0.6) is 0 Å². The molecule has 78 valence electrons. The molecule has 0 unspecified atom stereocenters. The van der Waals surface area contributed by atoms with Crippen molar-refractivity contribution in [3.05, 3.63) is 40.7 Å². The molecule has 0 amide bonds. The Hall–Kier alpha value is -1.46. The number of hydrogen-bond donors (Lipinski definition) is 1. The topological polar surface area (TPSA) is 69.6 Å². The third-order valence-corrected chi connectivity index (χ3v) is 2.29. The van der Waals surface area contributed by atoms with E-state index in [0.29, 0.717) is 18.9 Å². The monoisotopic (exact) mass is 223 g/mol. The fourth-order valence-corrected chi connectivity index (χ4v) is 1.38. The SMILES string of the molecule is NCc1nnnn1Cc1ccc(Cl)cc1. The van der Waals surface area contributed by atoms with Gasteiger partial charge >= 0.3 is 0 Å². The molecule has 0 atom stereocenters. The summed E-state index contributed by atoms with van der Waals surface area (Å²) in [5.41, 5.74) is 6.57. The summed E-state index contributed by atoms with van der Waals surface area (Å²) in [4.78, 5) is 0. The molecular weight excluding hydrogens is 214 g/mol. The summed E-state index contributed by atoms with van der Waals surface area (Å²) in [5, 5.41) is 11.9. The molecule has 0 saturated heterocycles. The van der Waals surface area contributed by atoms with Gasteiger partial charge in [0, 0.05) is 5.02 Å². The van der Waals surface area contributed by atoms with Crippen molar-refractivity contribution in [2.24, 2.45) is 5.73 Å². The van der Waals surface area contributed by atoms with Gasteiger partial charge in [-0.1, -0.05) is 23.7 Å². The Morgan fingerprint density at radius 1 is 1.27 bits per heavy atom. The minimum absolute atomic E-state index is 0.334. The second-order valence-corrected chi connectivity index (χ2v) is 3.52. The van der Waals surface area contributed by atoms with Gasteiger partial charge in [0.25, 0.3) is 0 Å². The standard InChI is InChI=1S/C9H10ClN5/c10-8-3-1-7(2-4-8)6-15-9(5-11)12-13-14-15/h1-4H,5-6,11H2. The molecular formula is C9H10ClN5. The maximum Gasteiger partial charge on any atom is 0.165 e. The largest absolute Gasteiger partial charge is 0.324 e. The van der Waals surface area contributed by atoms with Crippen molar-refractivity contribution in [1.82, 2.24) is 20.2 Å². The van der Waals surface area contributed by atoms with Gasteiger partial charge < -0.3 is 5.73 Å². The van der Waals surface area contributed by atoms with Crippen molar-refractivity contribution in [2.75, 3.05) is 0 Å². The highest BCUT2D eigenvalue weighted by Crippen LogP contribution is 2.10. The van der Waals surface area contributed by atoms with E-state index in [0.717, 1.165) is 10.6 Å². The molecule has 2 aromatic rings. The number of benzene rings is 1. The average Bonchev–Trinajstić information content (AvgIpc) is 2.69. The van der Waals surface area contributed by atoms with Crippen LogP contribution < -0.4 is 5.73 Å². The first-order valence-corrected chi connectivity index (χ1v) is 4.87. The molecule has 0 aliphatic rings. The van der Waals surface area contributed by atoms with Crippen LogP contribution in [-0.2, 0) is 13.1 Å². The van der Waals surface area contributed by atoms with Crippen LogP contribution in [0.2, 0.25) is 5.02 Å². The van der Waals surface area contributed by atoms with Gasteiger partial charge in [-0.15, -0.1) is 5.10 Å². The van der Waals surface area contributed by atoms with Crippen molar-refractivity contribution >= 4 is 11.6 Å². The van der Waals surface area contributed by atoms with E-state index in [1.165, 1.54) is 0 Å². The van der Waals surface area contributed by atoms with Crippen LogP contribution in [0.1, 0.15) is 11.4 Å². The van der Waals surface area contributed by atoms with Crippen molar-refractivity contribution in [3.8, 4) is 0 Å². The molecule has 2 rings (SSSR count). The van der Waals surface area contributed by atoms with Gasteiger partial charge in [-0.3, -0.25) is 0 Å². The summed E-state index contributed by atoms with van der Waals surface area (Å²) < 4.78 is 1.67. The third-order valence-electron chi connectivity index (χ3n) is 2.03. The van der Waals surface area contributed by atoms with Gasteiger partial charge in [-0.25, -0.2) is 4.68 Å². The van der Waals surface area contributed by atoms with E-state index in [9.17, 15) is 0 Å². The smallest absolute Gasteiger partial charge is 0.165 e. The van der Waals surface area contributed by atoms with Crippen molar-refractivity contribution in [3.63, 3.8) is 0 Å². The summed E-state index contributed by atoms with van der Waals surface area (Å²) >= 11 is 5.78. The average molecular weight is 224 g/mol. The summed E-state index contributed by atoms with van der Waals surface area (Å²) in [6.07, 6.45) is 0. The Morgan fingerprint density at radius 3 is 2.67 bits per heavy atom. The zero-order valence-corrected chi connectivity index (χ0v) is 8.72. The van der Waals surface area contributed by atoms with Gasteiger partial charge in [0.1, 0.15) is 0 Å². The molecule has 0 saturated carbocycles. The van der Waals surface area contributed by atoms with Crippen LogP contribution in [0.25, 0.3) is 0 Å². The van der Waals surface area contributed by atoms with Gasteiger partial charge in [0.2, 0.25) is 0 Å². The van der Waals surface area contributed by atoms with E-state index >= 15 is 0 Å². The van der Waals surface area contributed by atoms with Crippen LogP contribution in [0.3, 0.4) is 0 Å². The Morgan fingerprint density at radius 2 is 2.00 bits per heavy atom. The first-order valence-electron chi connectivity index (χ1n) is 4.49. The van der Waals surface area contributed by atoms with E-state index in [-0.39, 0.29) is 0 Å². The molecule has 15 heavy (non-hydrogen) atoms. The van der Waals surface area contributed by atoms with E-state index < -0.39 is 0 Å². The molecule has 5 nitrogen and oxygen atoms in total. The first-order chi connectivity index (χ1) is 7.29. The molecule has 2 N–H and O–H groups in total.